The van der Waals surface area contributed by atoms with Gasteiger partial charge in [0.05, 0.1) is 0 Å². The maximum absolute atomic E-state index is 12.7. The fraction of sp³-hybridized carbons (Fsp3) is 0.941. The summed E-state index contributed by atoms with van der Waals surface area (Å²) in [5, 5.41) is 6.73. The number of hydrogen-bond acceptors (Lipinski definition) is 2. The number of carbonyl (C=O) groups excluding carboxylic acids is 1. The highest BCUT2D eigenvalue weighted by atomic mass is 16.2. The fourth-order valence-electron chi connectivity index (χ4n) is 6.04. The van der Waals surface area contributed by atoms with Crippen LogP contribution in [0, 0.1) is 23.7 Å². The van der Waals surface area contributed by atoms with Crippen molar-refractivity contribution < 1.29 is 4.79 Å². The summed E-state index contributed by atoms with van der Waals surface area (Å²) in [6, 6.07) is 0.218. The first-order valence-corrected chi connectivity index (χ1v) is 8.87. The summed E-state index contributed by atoms with van der Waals surface area (Å²) in [6.45, 7) is 2.89. The van der Waals surface area contributed by atoms with Crippen molar-refractivity contribution in [2.24, 2.45) is 23.7 Å². The third kappa shape index (κ3) is 2.56. The highest BCUT2D eigenvalue weighted by Gasteiger charge is 2.51. The molecule has 4 aliphatic carbocycles. The molecule has 1 aliphatic heterocycles. The standard InChI is InChI=1S/C17H29N3O/c1-18-10-12-2-3-20(11-12)16(21)19-17-7-13-4-14(8-17)6-15(5-13)9-17/h12-15,18H,2-11H2,1H3,(H,19,21). The smallest absolute Gasteiger partial charge is 0.317 e. The van der Waals surface area contributed by atoms with Crippen LogP contribution in [0.3, 0.4) is 0 Å². The van der Waals surface area contributed by atoms with Gasteiger partial charge in [0.1, 0.15) is 0 Å². The molecule has 0 aromatic carbocycles. The lowest BCUT2D eigenvalue weighted by Gasteiger charge is -2.57. The van der Waals surface area contributed by atoms with Gasteiger partial charge in [-0.3, -0.25) is 0 Å². The van der Waals surface area contributed by atoms with Crippen molar-refractivity contribution in [1.82, 2.24) is 15.5 Å². The van der Waals surface area contributed by atoms with Gasteiger partial charge in [0, 0.05) is 18.6 Å². The van der Waals surface area contributed by atoms with E-state index in [-0.39, 0.29) is 11.6 Å². The van der Waals surface area contributed by atoms with E-state index < -0.39 is 0 Å². The summed E-state index contributed by atoms with van der Waals surface area (Å²) in [5.41, 5.74) is 0.160. The number of nitrogens with zero attached hydrogens (tertiary/aromatic N) is 1. The molecule has 0 radical (unpaired) electrons. The number of urea groups is 1. The highest BCUT2D eigenvalue weighted by molar-refractivity contribution is 5.75. The average Bonchev–Trinajstić information content (AvgIpc) is 2.85. The molecule has 118 valence electrons. The highest BCUT2D eigenvalue weighted by Crippen LogP contribution is 2.55. The number of amides is 2. The molecule has 0 aromatic heterocycles. The van der Waals surface area contributed by atoms with Crippen molar-refractivity contribution in [1.29, 1.82) is 0 Å². The van der Waals surface area contributed by atoms with Crippen LogP contribution in [0.5, 0.6) is 0 Å². The molecule has 1 unspecified atom stereocenters. The van der Waals surface area contributed by atoms with Crippen LogP contribution in [0.1, 0.15) is 44.9 Å². The van der Waals surface area contributed by atoms with Crippen molar-refractivity contribution in [3.8, 4) is 0 Å². The van der Waals surface area contributed by atoms with Crippen molar-refractivity contribution in [3.63, 3.8) is 0 Å². The second kappa shape index (κ2) is 5.15. The van der Waals surface area contributed by atoms with Crippen LogP contribution in [0.2, 0.25) is 0 Å². The molecule has 4 bridgehead atoms. The Morgan fingerprint density at radius 3 is 2.33 bits per heavy atom. The van der Waals surface area contributed by atoms with Crippen LogP contribution in [-0.4, -0.2) is 43.2 Å². The minimum absolute atomic E-state index is 0.160. The zero-order valence-corrected chi connectivity index (χ0v) is 13.2. The monoisotopic (exact) mass is 291 g/mol. The SMILES string of the molecule is CNCC1CCN(C(=O)NC23CC4CC(CC(C4)C2)C3)C1. The molecule has 2 N–H and O–H groups in total. The molecular weight excluding hydrogens is 262 g/mol. The largest absolute Gasteiger partial charge is 0.333 e. The predicted octanol–water partition coefficient (Wildman–Crippen LogP) is 2.21. The molecule has 0 aromatic rings. The number of carbonyl (C=O) groups is 1. The van der Waals surface area contributed by atoms with E-state index in [1.54, 1.807) is 0 Å². The number of likely N-dealkylation sites (tertiary alicyclic amines) is 1. The molecule has 4 saturated carbocycles. The van der Waals surface area contributed by atoms with Gasteiger partial charge in [0.2, 0.25) is 0 Å². The lowest BCUT2D eigenvalue weighted by Crippen LogP contribution is -2.61. The third-order valence-corrected chi connectivity index (χ3v) is 6.48. The van der Waals surface area contributed by atoms with Gasteiger partial charge < -0.3 is 15.5 Å². The first-order valence-electron chi connectivity index (χ1n) is 8.87. The van der Waals surface area contributed by atoms with Gasteiger partial charge in [0.25, 0.3) is 0 Å². The molecular formula is C17H29N3O. The summed E-state index contributed by atoms with van der Waals surface area (Å²) >= 11 is 0. The van der Waals surface area contributed by atoms with Gasteiger partial charge in [-0.2, -0.15) is 0 Å². The van der Waals surface area contributed by atoms with Gasteiger partial charge >= 0.3 is 6.03 Å². The molecule has 4 heteroatoms. The van der Waals surface area contributed by atoms with E-state index in [0.717, 1.165) is 43.8 Å². The third-order valence-electron chi connectivity index (χ3n) is 6.48. The van der Waals surface area contributed by atoms with Crippen LogP contribution in [0.25, 0.3) is 0 Å². The van der Waals surface area contributed by atoms with E-state index >= 15 is 0 Å². The normalized spacial score (nSPS) is 44.3. The molecule has 1 saturated heterocycles. The molecule has 5 rings (SSSR count). The van der Waals surface area contributed by atoms with E-state index in [1.807, 2.05) is 7.05 Å². The van der Waals surface area contributed by atoms with Crippen molar-refractivity contribution in [2.75, 3.05) is 26.7 Å². The number of rotatable bonds is 3. The van der Waals surface area contributed by atoms with Crippen molar-refractivity contribution in [2.45, 2.75) is 50.5 Å². The van der Waals surface area contributed by atoms with Crippen LogP contribution >= 0.6 is 0 Å². The second-order valence-corrected chi connectivity index (χ2v) is 8.29. The van der Waals surface area contributed by atoms with E-state index in [1.165, 1.54) is 38.5 Å². The Labute approximate surface area is 128 Å². The van der Waals surface area contributed by atoms with Crippen LogP contribution in [0.15, 0.2) is 0 Å². The van der Waals surface area contributed by atoms with E-state index in [9.17, 15) is 4.79 Å². The van der Waals surface area contributed by atoms with Crippen molar-refractivity contribution in [3.05, 3.63) is 0 Å². The first-order chi connectivity index (χ1) is 10.2. The average molecular weight is 291 g/mol. The Morgan fingerprint density at radius 1 is 1.14 bits per heavy atom. The number of nitrogens with one attached hydrogen (secondary N) is 2. The molecule has 5 aliphatic rings. The van der Waals surface area contributed by atoms with Crippen LogP contribution in [-0.2, 0) is 0 Å². The van der Waals surface area contributed by atoms with Gasteiger partial charge in [-0.05, 0) is 82.2 Å². The zero-order valence-electron chi connectivity index (χ0n) is 13.2. The van der Waals surface area contributed by atoms with Gasteiger partial charge in [-0.15, -0.1) is 0 Å². The lowest BCUT2D eigenvalue weighted by atomic mass is 9.53. The quantitative estimate of drug-likeness (QED) is 0.837. The molecule has 5 fully saturated rings. The van der Waals surface area contributed by atoms with E-state index in [2.05, 4.69) is 15.5 Å². The topological polar surface area (TPSA) is 44.4 Å². The molecule has 1 heterocycles. The second-order valence-electron chi connectivity index (χ2n) is 8.29. The van der Waals surface area contributed by atoms with Gasteiger partial charge in [-0.1, -0.05) is 0 Å². The molecule has 0 spiro atoms. The maximum atomic E-state index is 12.7. The lowest BCUT2D eigenvalue weighted by molar-refractivity contribution is -0.0153. The molecule has 21 heavy (non-hydrogen) atoms. The summed E-state index contributed by atoms with van der Waals surface area (Å²) in [5.74, 6) is 3.32. The summed E-state index contributed by atoms with van der Waals surface area (Å²) in [7, 11) is 2.00. The minimum atomic E-state index is 0.160. The summed E-state index contributed by atoms with van der Waals surface area (Å²) in [6.07, 6.45) is 9.19. The Kier molecular flexibility index (Phi) is 3.40. The Hall–Kier alpha value is -0.770. The minimum Gasteiger partial charge on any atom is -0.333 e. The Morgan fingerprint density at radius 2 is 1.76 bits per heavy atom. The summed E-state index contributed by atoms with van der Waals surface area (Å²) in [4.78, 5) is 14.7. The van der Waals surface area contributed by atoms with Gasteiger partial charge in [0.15, 0.2) is 0 Å². The molecule has 1 atom stereocenters. The first kappa shape index (κ1) is 13.9. The molecule has 2 amide bonds. The van der Waals surface area contributed by atoms with Gasteiger partial charge in [-0.25, -0.2) is 4.79 Å². The predicted molar refractivity (Wildman–Crippen MR) is 83.0 cm³/mol. The van der Waals surface area contributed by atoms with Crippen LogP contribution < -0.4 is 10.6 Å². The molecule has 4 nitrogen and oxygen atoms in total. The zero-order chi connectivity index (χ0) is 14.4. The number of hydrogen-bond donors (Lipinski definition) is 2. The summed E-state index contributed by atoms with van der Waals surface area (Å²) < 4.78 is 0. The fourth-order valence-corrected chi connectivity index (χ4v) is 6.04. The van der Waals surface area contributed by atoms with E-state index in [0.29, 0.717) is 5.92 Å². The Bertz CT molecular complexity index is 387. The van der Waals surface area contributed by atoms with E-state index in [4.69, 9.17) is 0 Å². The Balaban J connectivity index is 1.39. The van der Waals surface area contributed by atoms with Crippen molar-refractivity contribution >= 4 is 6.03 Å². The maximum Gasteiger partial charge on any atom is 0.317 e. The van der Waals surface area contributed by atoms with Crippen LogP contribution in [0.4, 0.5) is 4.79 Å².